The van der Waals surface area contributed by atoms with Crippen LogP contribution < -0.4 is 5.32 Å². The van der Waals surface area contributed by atoms with Gasteiger partial charge >= 0.3 is 0 Å². The number of likely N-dealkylation sites (tertiary alicyclic amines) is 2. The SMILES string of the molecule is CC1CCC(C)N(C(=O)C2CCCN2C2CCNCC2)C1. The predicted molar refractivity (Wildman–Crippen MR) is 85.2 cm³/mol. The summed E-state index contributed by atoms with van der Waals surface area (Å²) < 4.78 is 0. The van der Waals surface area contributed by atoms with Crippen molar-refractivity contribution in [3.63, 3.8) is 0 Å². The van der Waals surface area contributed by atoms with Crippen LogP contribution in [0.15, 0.2) is 0 Å². The molecule has 1 amide bonds. The Kier molecular flexibility index (Phi) is 4.85. The zero-order valence-electron chi connectivity index (χ0n) is 13.7. The standard InChI is InChI=1S/C17H31N3O/c1-13-5-6-14(2)20(12-13)17(21)16-4-3-11-19(16)15-7-9-18-10-8-15/h13-16,18H,3-12H2,1-2H3. The molecule has 0 aromatic carbocycles. The second-order valence-electron chi connectivity index (χ2n) is 7.40. The lowest BCUT2D eigenvalue weighted by atomic mass is 9.94. The Hall–Kier alpha value is -0.610. The van der Waals surface area contributed by atoms with Crippen LogP contribution in [0.25, 0.3) is 0 Å². The van der Waals surface area contributed by atoms with Crippen molar-refractivity contribution in [2.45, 2.75) is 70.5 Å². The largest absolute Gasteiger partial charge is 0.338 e. The van der Waals surface area contributed by atoms with Gasteiger partial charge in [-0.2, -0.15) is 0 Å². The molecule has 21 heavy (non-hydrogen) atoms. The minimum Gasteiger partial charge on any atom is -0.338 e. The molecule has 3 saturated heterocycles. The smallest absolute Gasteiger partial charge is 0.240 e. The third-order valence-corrected chi connectivity index (χ3v) is 5.76. The zero-order valence-corrected chi connectivity index (χ0v) is 13.7. The highest BCUT2D eigenvalue weighted by Gasteiger charge is 2.39. The van der Waals surface area contributed by atoms with E-state index in [0.717, 1.165) is 32.6 Å². The summed E-state index contributed by atoms with van der Waals surface area (Å²) in [5.41, 5.74) is 0. The van der Waals surface area contributed by atoms with E-state index in [0.29, 0.717) is 23.9 Å². The number of amides is 1. The van der Waals surface area contributed by atoms with Crippen molar-refractivity contribution < 1.29 is 4.79 Å². The van der Waals surface area contributed by atoms with Gasteiger partial charge in [0, 0.05) is 18.6 Å². The maximum absolute atomic E-state index is 13.1. The van der Waals surface area contributed by atoms with Gasteiger partial charge in [-0.15, -0.1) is 0 Å². The minimum absolute atomic E-state index is 0.167. The summed E-state index contributed by atoms with van der Waals surface area (Å²) in [7, 11) is 0. The lowest BCUT2D eigenvalue weighted by molar-refractivity contribution is -0.141. The van der Waals surface area contributed by atoms with Crippen LogP contribution in [0.2, 0.25) is 0 Å². The molecule has 1 N–H and O–H groups in total. The fourth-order valence-electron chi connectivity index (χ4n) is 4.42. The molecular weight excluding hydrogens is 262 g/mol. The van der Waals surface area contributed by atoms with Crippen LogP contribution in [0, 0.1) is 5.92 Å². The van der Waals surface area contributed by atoms with Gasteiger partial charge in [0.1, 0.15) is 0 Å². The highest BCUT2D eigenvalue weighted by Crippen LogP contribution is 2.29. The Morgan fingerprint density at radius 3 is 2.57 bits per heavy atom. The van der Waals surface area contributed by atoms with Gasteiger partial charge in [0.05, 0.1) is 6.04 Å². The number of hydrogen-bond donors (Lipinski definition) is 1. The van der Waals surface area contributed by atoms with E-state index in [-0.39, 0.29) is 6.04 Å². The summed E-state index contributed by atoms with van der Waals surface area (Å²) in [6.07, 6.45) is 7.12. The molecule has 3 heterocycles. The Bertz CT molecular complexity index is 367. The molecule has 3 unspecified atom stereocenters. The molecule has 0 saturated carbocycles. The molecule has 0 spiro atoms. The van der Waals surface area contributed by atoms with Gasteiger partial charge in [0.15, 0.2) is 0 Å². The lowest BCUT2D eigenvalue weighted by Crippen LogP contribution is -2.55. The average molecular weight is 293 g/mol. The quantitative estimate of drug-likeness (QED) is 0.844. The summed E-state index contributed by atoms with van der Waals surface area (Å²) in [5.74, 6) is 1.09. The van der Waals surface area contributed by atoms with E-state index in [1.54, 1.807) is 0 Å². The Morgan fingerprint density at radius 2 is 1.81 bits per heavy atom. The fraction of sp³-hybridized carbons (Fsp3) is 0.941. The molecule has 120 valence electrons. The topological polar surface area (TPSA) is 35.6 Å². The van der Waals surface area contributed by atoms with Crippen molar-refractivity contribution in [3.05, 3.63) is 0 Å². The summed E-state index contributed by atoms with van der Waals surface area (Å²) in [4.78, 5) is 17.8. The van der Waals surface area contributed by atoms with Gasteiger partial charge in [0.25, 0.3) is 0 Å². The van der Waals surface area contributed by atoms with E-state index in [2.05, 4.69) is 29.0 Å². The Labute approximate surface area is 129 Å². The first kappa shape index (κ1) is 15.3. The molecule has 0 aromatic rings. The maximum Gasteiger partial charge on any atom is 0.240 e. The van der Waals surface area contributed by atoms with Gasteiger partial charge in [-0.1, -0.05) is 6.92 Å². The van der Waals surface area contributed by atoms with Crippen LogP contribution in [0.1, 0.15) is 52.4 Å². The molecule has 0 aliphatic carbocycles. The molecule has 4 heteroatoms. The molecule has 3 aliphatic rings. The van der Waals surface area contributed by atoms with Crippen molar-refractivity contribution in [1.82, 2.24) is 15.1 Å². The zero-order chi connectivity index (χ0) is 14.8. The van der Waals surface area contributed by atoms with Crippen molar-refractivity contribution in [2.75, 3.05) is 26.2 Å². The molecule has 3 fully saturated rings. The van der Waals surface area contributed by atoms with E-state index >= 15 is 0 Å². The average Bonchev–Trinajstić information content (AvgIpc) is 2.99. The van der Waals surface area contributed by atoms with Gasteiger partial charge < -0.3 is 10.2 Å². The monoisotopic (exact) mass is 293 g/mol. The molecule has 3 atom stereocenters. The van der Waals surface area contributed by atoms with E-state index in [9.17, 15) is 4.79 Å². The molecule has 4 nitrogen and oxygen atoms in total. The van der Waals surface area contributed by atoms with Crippen LogP contribution in [0.3, 0.4) is 0 Å². The number of nitrogens with one attached hydrogen (secondary N) is 1. The van der Waals surface area contributed by atoms with Crippen molar-refractivity contribution in [2.24, 2.45) is 5.92 Å². The summed E-state index contributed by atoms with van der Waals surface area (Å²) in [5, 5.41) is 3.44. The van der Waals surface area contributed by atoms with Crippen LogP contribution in [0.4, 0.5) is 0 Å². The number of rotatable bonds is 2. The second kappa shape index (κ2) is 6.66. The lowest BCUT2D eigenvalue weighted by Gasteiger charge is -2.41. The van der Waals surface area contributed by atoms with Crippen molar-refractivity contribution in [1.29, 1.82) is 0 Å². The molecule has 0 aromatic heterocycles. The Morgan fingerprint density at radius 1 is 1.05 bits per heavy atom. The Balaban J connectivity index is 1.67. The number of hydrogen-bond acceptors (Lipinski definition) is 3. The van der Waals surface area contributed by atoms with E-state index in [1.165, 1.54) is 32.1 Å². The second-order valence-corrected chi connectivity index (χ2v) is 7.40. The third-order valence-electron chi connectivity index (χ3n) is 5.76. The number of carbonyl (C=O) groups excluding carboxylic acids is 1. The van der Waals surface area contributed by atoms with E-state index in [4.69, 9.17) is 0 Å². The third kappa shape index (κ3) is 3.26. The van der Waals surface area contributed by atoms with Crippen LogP contribution in [-0.4, -0.2) is 60.0 Å². The van der Waals surface area contributed by atoms with Crippen LogP contribution in [0.5, 0.6) is 0 Å². The molecular formula is C17H31N3O. The number of nitrogens with zero attached hydrogens (tertiary/aromatic N) is 2. The molecule has 0 bridgehead atoms. The first-order chi connectivity index (χ1) is 10.2. The number of carbonyl (C=O) groups is 1. The highest BCUT2D eigenvalue weighted by molar-refractivity contribution is 5.82. The highest BCUT2D eigenvalue weighted by atomic mass is 16.2. The predicted octanol–water partition coefficient (Wildman–Crippen LogP) is 1.85. The first-order valence-corrected chi connectivity index (χ1v) is 8.93. The van der Waals surface area contributed by atoms with E-state index < -0.39 is 0 Å². The van der Waals surface area contributed by atoms with Crippen LogP contribution >= 0.6 is 0 Å². The van der Waals surface area contributed by atoms with Gasteiger partial charge in [-0.05, 0) is 71.0 Å². The van der Waals surface area contributed by atoms with Crippen molar-refractivity contribution >= 4 is 5.91 Å². The van der Waals surface area contributed by atoms with Crippen molar-refractivity contribution in [3.8, 4) is 0 Å². The normalized spacial score (nSPS) is 36.1. The summed E-state index contributed by atoms with van der Waals surface area (Å²) in [6, 6.07) is 1.23. The molecule has 0 radical (unpaired) electrons. The first-order valence-electron chi connectivity index (χ1n) is 8.93. The van der Waals surface area contributed by atoms with Crippen LogP contribution in [-0.2, 0) is 4.79 Å². The maximum atomic E-state index is 13.1. The molecule has 3 aliphatic heterocycles. The summed E-state index contributed by atoms with van der Waals surface area (Å²) >= 11 is 0. The van der Waals surface area contributed by atoms with Gasteiger partial charge in [0.2, 0.25) is 5.91 Å². The number of piperidine rings is 2. The fourth-order valence-corrected chi connectivity index (χ4v) is 4.42. The molecule has 3 rings (SSSR count). The minimum atomic E-state index is 0.167. The van der Waals surface area contributed by atoms with E-state index in [1.807, 2.05) is 0 Å². The van der Waals surface area contributed by atoms with Gasteiger partial charge in [-0.25, -0.2) is 0 Å². The summed E-state index contributed by atoms with van der Waals surface area (Å²) in [6.45, 7) is 8.83. The van der Waals surface area contributed by atoms with Gasteiger partial charge in [-0.3, -0.25) is 9.69 Å².